The van der Waals surface area contributed by atoms with E-state index >= 15 is 0 Å². The Balaban J connectivity index is 2.99. The Morgan fingerprint density at radius 2 is 2.00 bits per heavy atom. The third-order valence-electron chi connectivity index (χ3n) is 2.90. The molecule has 1 aromatic rings. The van der Waals surface area contributed by atoms with Crippen molar-refractivity contribution in [2.75, 3.05) is 0 Å². The number of halogens is 1. The maximum Gasteiger partial charge on any atom is 0.0533 e. The van der Waals surface area contributed by atoms with Crippen LogP contribution in [0, 0.1) is 0 Å². The van der Waals surface area contributed by atoms with E-state index < -0.39 is 0 Å². The molecule has 0 atom stereocenters. The molecule has 0 N–H and O–H groups in total. The van der Waals surface area contributed by atoms with Crippen LogP contribution in [0.2, 0.25) is 0 Å². The van der Waals surface area contributed by atoms with E-state index in [4.69, 9.17) is 0 Å². The molecule has 0 amide bonds. The maximum absolute atomic E-state index is 4.53. The number of aromatic nitrogens is 2. The van der Waals surface area contributed by atoms with Crippen molar-refractivity contribution >= 4 is 15.9 Å². The maximum atomic E-state index is 4.53. The molecule has 0 saturated heterocycles. The highest BCUT2D eigenvalue weighted by molar-refractivity contribution is 9.08. The smallest absolute Gasteiger partial charge is 0.0533 e. The van der Waals surface area contributed by atoms with Crippen molar-refractivity contribution in [2.45, 2.75) is 57.8 Å². The predicted octanol–water partition coefficient (Wildman–Crippen LogP) is 4.09. The second-order valence-electron chi connectivity index (χ2n) is 3.92. The van der Waals surface area contributed by atoms with Crippen LogP contribution < -0.4 is 0 Å². The van der Waals surface area contributed by atoms with Crippen molar-refractivity contribution in [1.82, 2.24) is 9.78 Å². The predicted molar refractivity (Wildman–Crippen MR) is 68.5 cm³/mol. The summed E-state index contributed by atoms with van der Waals surface area (Å²) < 4.78 is 2.24. The first-order valence-corrected chi connectivity index (χ1v) is 7.01. The lowest BCUT2D eigenvalue weighted by Crippen LogP contribution is -2.12. The van der Waals surface area contributed by atoms with E-state index in [-0.39, 0.29) is 0 Å². The Hall–Kier alpha value is -0.310. The molecule has 0 aliphatic rings. The molecule has 0 spiro atoms. The normalized spacial score (nSPS) is 11.3. The summed E-state index contributed by atoms with van der Waals surface area (Å²) in [6.45, 7) is 6.70. The number of nitrogens with zero attached hydrogens (tertiary/aromatic N) is 2. The van der Waals surface area contributed by atoms with Gasteiger partial charge in [-0.3, -0.25) is 4.68 Å². The molecule has 15 heavy (non-hydrogen) atoms. The zero-order chi connectivity index (χ0) is 11.3. The van der Waals surface area contributed by atoms with E-state index in [0.717, 1.165) is 24.6 Å². The lowest BCUT2D eigenvalue weighted by molar-refractivity contribution is 0.413. The lowest BCUT2D eigenvalue weighted by atomic mass is 10.1. The zero-order valence-electron chi connectivity index (χ0n) is 9.96. The fourth-order valence-electron chi connectivity index (χ4n) is 2.00. The highest BCUT2D eigenvalue weighted by Crippen LogP contribution is 2.22. The zero-order valence-corrected chi connectivity index (χ0v) is 11.5. The third kappa shape index (κ3) is 2.83. The van der Waals surface area contributed by atoms with Crippen LogP contribution in [0.1, 0.15) is 57.3 Å². The van der Waals surface area contributed by atoms with Crippen LogP contribution in [-0.4, -0.2) is 9.78 Å². The summed E-state index contributed by atoms with van der Waals surface area (Å²) in [7, 11) is 0. The van der Waals surface area contributed by atoms with Crippen molar-refractivity contribution < 1.29 is 0 Å². The lowest BCUT2D eigenvalue weighted by Gasteiger charge is -2.17. The van der Waals surface area contributed by atoms with Gasteiger partial charge >= 0.3 is 0 Å². The highest BCUT2D eigenvalue weighted by atomic mass is 79.9. The van der Waals surface area contributed by atoms with Gasteiger partial charge in [-0.05, 0) is 19.3 Å². The van der Waals surface area contributed by atoms with Crippen LogP contribution in [-0.2, 0) is 11.8 Å². The van der Waals surface area contributed by atoms with Crippen molar-refractivity contribution in [3.63, 3.8) is 0 Å². The molecule has 1 rings (SSSR count). The molecule has 0 aromatic carbocycles. The fraction of sp³-hybridized carbons (Fsp3) is 0.750. The minimum Gasteiger partial charge on any atom is -0.266 e. The Kier molecular flexibility index (Phi) is 5.37. The average molecular weight is 273 g/mol. The van der Waals surface area contributed by atoms with Gasteiger partial charge in [0, 0.05) is 16.6 Å². The first kappa shape index (κ1) is 12.8. The minimum absolute atomic E-state index is 0.569. The van der Waals surface area contributed by atoms with Crippen LogP contribution in [0.4, 0.5) is 0 Å². The molecule has 3 heteroatoms. The summed E-state index contributed by atoms with van der Waals surface area (Å²) in [4.78, 5) is 0. The van der Waals surface area contributed by atoms with Crippen molar-refractivity contribution in [3.05, 3.63) is 17.5 Å². The van der Waals surface area contributed by atoms with Gasteiger partial charge in [0.1, 0.15) is 0 Å². The summed E-state index contributed by atoms with van der Waals surface area (Å²) in [5, 5.41) is 5.45. The third-order valence-corrected chi connectivity index (χ3v) is 3.51. The molecule has 86 valence electrons. The van der Waals surface area contributed by atoms with Crippen LogP contribution >= 0.6 is 15.9 Å². The summed E-state index contributed by atoms with van der Waals surface area (Å²) in [6.07, 6.45) is 6.66. The molecular weight excluding hydrogens is 252 g/mol. The number of hydrogen-bond donors (Lipinski definition) is 0. The number of rotatable bonds is 6. The molecule has 0 unspecified atom stereocenters. The fourth-order valence-corrected chi connectivity index (χ4v) is 2.46. The first-order valence-electron chi connectivity index (χ1n) is 5.89. The molecule has 1 heterocycles. The van der Waals surface area contributed by atoms with E-state index in [1.807, 2.05) is 6.20 Å². The van der Waals surface area contributed by atoms with E-state index in [1.165, 1.54) is 17.7 Å². The molecule has 0 bridgehead atoms. The van der Waals surface area contributed by atoms with Gasteiger partial charge < -0.3 is 0 Å². The van der Waals surface area contributed by atoms with Gasteiger partial charge in [-0.15, -0.1) is 0 Å². The van der Waals surface area contributed by atoms with Crippen molar-refractivity contribution in [1.29, 1.82) is 0 Å². The Bertz CT molecular complexity index is 290. The van der Waals surface area contributed by atoms with E-state index in [9.17, 15) is 0 Å². The van der Waals surface area contributed by atoms with Gasteiger partial charge in [-0.25, -0.2) is 0 Å². The number of hydrogen-bond acceptors (Lipinski definition) is 1. The second-order valence-corrected chi connectivity index (χ2v) is 4.48. The van der Waals surface area contributed by atoms with Gasteiger partial charge in [-0.1, -0.05) is 43.1 Å². The highest BCUT2D eigenvalue weighted by Gasteiger charge is 2.14. The average Bonchev–Trinajstić information content (AvgIpc) is 2.64. The SMILES string of the molecule is CCCc1c(CBr)cnn1C(CC)CC. The van der Waals surface area contributed by atoms with E-state index in [2.05, 4.69) is 46.5 Å². The molecule has 0 radical (unpaired) electrons. The van der Waals surface area contributed by atoms with Gasteiger partial charge in [0.05, 0.1) is 12.2 Å². The summed E-state index contributed by atoms with van der Waals surface area (Å²) in [5.74, 6) is 0. The minimum atomic E-state index is 0.569. The van der Waals surface area contributed by atoms with Crippen LogP contribution in [0.5, 0.6) is 0 Å². The molecular formula is C12H21BrN2. The molecule has 1 aromatic heterocycles. The topological polar surface area (TPSA) is 17.8 Å². The van der Waals surface area contributed by atoms with Crippen molar-refractivity contribution in [2.24, 2.45) is 0 Å². The Morgan fingerprint density at radius 1 is 1.33 bits per heavy atom. The largest absolute Gasteiger partial charge is 0.266 e. The molecule has 2 nitrogen and oxygen atoms in total. The Labute approximate surface area is 101 Å². The van der Waals surface area contributed by atoms with Crippen LogP contribution in [0.3, 0.4) is 0 Å². The van der Waals surface area contributed by atoms with Gasteiger partial charge in [0.15, 0.2) is 0 Å². The van der Waals surface area contributed by atoms with Gasteiger partial charge in [0.2, 0.25) is 0 Å². The summed E-state index contributed by atoms with van der Waals surface area (Å²) >= 11 is 3.53. The van der Waals surface area contributed by atoms with E-state index in [1.54, 1.807) is 0 Å². The monoisotopic (exact) mass is 272 g/mol. The molecule has 0 fully saturated rings. The second kappa shape index (κ2) is 6.31. The quantitative estimate of drug-likeness (QED) is 0.714. The molecule has 0 aliphatic carbocycles. The first-order chi connectivity index (χ1) is 7.28. The number of alkyl halides is 1. The van der Waals surface area contributed by atoms with E-state index in [0.29, 0.717) is 6.04 Å². The van der Waals surface area contributed by atoms with Crippen molar-refractivity contribution in [3.8, 4) is 0 Å². The summed E-state index contributed by atoms with van der Waals surface area (Å²) in [5.41, 5.74) is 2.77. The Morgan fingerprint density at radius 3 is 2.47 bits per heavy atom. The molecule has 0 saturated carbocycles. The van der Waals surface area contributed by atoms with Crippen LogP contribution in [0.15, 0.2) is 6.20 Å². The molecule has 0 aliphatic heterocycles. The van der Waals surface area contributed by atoms with Gasteiger partial charge in [0.25, 0.3) is 0 Å². The van der Waals surface area contributed by atoms with Gasteiger partial charge in [-0.2, -0.15) is 5.10 Å². The summed E-state index contributed by atoms with van der Waals surface area (Å²) in [6, 6.07) is 0.569. The van der Waals surface area contributed by atoms with Crippen LogP contribution in [0.25, 0.3) is 0 Å². The standard InChI is InChI=1S/C12H21BrN2/c1-4-7-12-10(8-13)9-14-15(12)11(5-2)6-3/h9,11H,4-8H2,1-3H3.